The van der Waals surface area contributed by atoms with Crippen molar-refractivity contribution < 1.29 is 23.8 Å². The molecule has 0 amide bonds. The second kappa shape index (κ2) is 5.15. The number of carbonyl (C=O) groups excluding carboxylic acids is 2. The molecule has 1 aromatic rings. The fourth-order valence-corrected chi connectivity index (χ4v) is 3.49. The zero-order valence-corrected chi connectivity index (χ0v) is 12.1. The average molecular weight is 290 g/mol. The van der Waals surface area contributed by atoms with Gasteiger partial charge in [-0.05, 0) is 24.0 Å². The summed E-state index contributed by atoms with van der Waals surface area (Å²) in [5.74, 6) is -1.17. The normalized spacial score (nSPS) is 25.6. The van der Waals surface area contributed by atoms with Gasteiger partial charge in [-0.2, -0.15) is 0 Å². The molecule has 2 atom stereocenters. The van der Waals surface area contributed by atoms with Crippen LogP contribution in [0, 0.1) is 5.41 Å². The number of aryl methyl sites for hydroxylation is 1. The standard InChI is InChI=1S/C16H18O5/c1-19-14(17)16(15(18)20-2)9-11-8-7-10-5-3-4-6-12(10)13(16)21-11/h3-6,11,13H,7-9H2,1-2H3/t11-,13+/m1/s1. The highest BCUT2D eigenvalue weighted by molar-refractivity contribution is 6.01. The maximum atomic E-state index is 12.4. The lowest BCUT2D eigenvalue weighted by Crippen LogP contribution is -2.44. The third kappa shape index (κ3) is 1.95. The summed E-state index contributed by atoms with van der Waals surface area (Å²) in [5, 5.41) is 0. The lowest BCUT2D eigenvalue weighted by atomic mass is 9.73. The van der Waals surface area contributed by atoms with Crippen molar-refractivity contribution in [2.75, 3.05) is 14.2 Å². The largest absolute Gasteiger partial charge is 0.468 e. The van der Waals surface area contributed by atoms with E-state index in [2.05, 4.69) is 0 Å². The molecule has 0 spiro atoms. The highest BCUT2D eigenvalue weighted by atomic mass is 16.6. The van der Waals surface area contributed by atoms with Crippen molar-refractivity contribution in [2.24, 2.45) is 5.41 Å². The Morgan fingerprint density at radius 2 is 1.86 bits per heavy atom. The summed E-state index contributed by atoms with van der Waals surface area (Å²) in [4.78, 5) is 24.8. The number of carbonyl (C=O) groups is 2. The third-order valence-corrected chi connectivity index (χ3v) is 4.50. The van der Waals surface area contributed by atoms with Gasteiger partial charge in [-0.3, -0.25) is 9.59 Å². The molecule has 0 radical (unpaired) electrons. The maximum Gasteiger partial charge on any atom is 0.326 e. The predicted molar refractivity (Wildman–Crippen MR) is 73.5 cm³/mol. The first kappa shape index (κ1) is 14.1. The zero-order chi connectivity index (χ0) is 15.0. The van der Waals surface area contributed by atoms with Crippen molar-refractivity contribution >= 4 is 11.9 Å². The molecule has 2 aliphatic heterocycles. The Balaban J connectivity index is 2.16. The minimum Gasteiger partial charge on any atom is -0.468 e. The Bertz CT molecular complexity index is 564. The van der Waals surface area contributed by atoms with Crippen molar-refractivity contribution in [1.29, 1.82) is 0 Å². The van der Waals surface area contributed by atoms with Crippen molar-refractivity contribution in [3.05, 3.63) is 35.4 Å². The van der Waals surface area contributed by atoms with Gasteiger partial charge in [0, 0.05) is 6.42 Å². The first-order valence-corrected chi connectivity index (χ1v) is 7.03. The van der Waals surface area contributed by atoms with Crippen molar-refractivity contribution in [3.63, 3.8) is 0 Å². The number of esters is 2. The molecule has 112 valence electrons. The van der Waals surface area contributed by atoms with Gasteiger partial charge < -0.3 is 14.2 Å². The van der Waals surface area contributed by atoms with Gasteiger partial charge in [-0.1, -0.05) is 24.3 Å². The smallest absolute Gasteiger partial charge is 0.326 e. The van der Waals surface area contributed by atoms with E-state index in [-0.39, 0.29) is 6.10 Å². The summed E-state index contributed by atoms with van der Waals surface area (Å²) in [6, 6.07) is 7.77. The van der Waals surface area contributed by atoms with Gasteiger partial charge in [-0.25, -0.2) is 0 Å². The number of methoxy groups -OCH3 is 2. The molecule has 3 rings (SSSR count). The summed E-state index contributed by atoms with van der Waals surface area (Å²) in [6.07, 6.45) is 1.20. The summed E-state index contributed by atoms with van der Waals surface area (Å²) in [7, 11) is 2.57. The lowest BCUT2D eigenvalue weighted by molar-refractivity contribution is -0.173. The fraction of sp³-hybridized carbons (Fsp3) is 0.500. The van der Waals surface area contributed by atoms with Crippen LogP contribution in [0.15, 0.2) is 24.3 Å². The zero-order valence-electron chi connectivity index (χ0n) is 12.1. The van der Waals surface area contributed by atoms with E-state index in [0.29, 0.717) is 6.42 Å². The van der Waals surface area contributed by atoms with Crippen LogP contribution in [0.1, 0.15) is 30.1 Å². The lowest BCUT2D eigenvalue weighted by Gasteiger charge is -2.30. The van der Waals surface area contributed by atoms with Crippen LogP contribution in [0.25, 0.3) is 0 Å². The minimum atomic E-state index is -1.40. The fourth-order valence-electron chi connectivity index (χ4n) is 3.49. The summed E-state index contributed by atoms with van der Waals surface area (Å²) in [5.41, 5.74) is 0.597. The van der Waals surface area contributed by atoms with Gasteiger partial charge in [0.15, 0.2) is 5.41 Å². The van der Waals surface area contributed by atoms with Gasteiger partial charge in [-0.15, -0.1) is 0 Å². The predicted octanol–water partition coefficient (Wildman–Crippen LogP) is 1.80. The summed E-state index contributed by atoms with van der Waals surface area (Å²) < 4.78 is 15.8. The molecule has 21 heavy (non-hydrogen) atoms. The molecular weight excluding hydrogens is 272 g/mol. The Morgan fingerprint density at radius 3 is 2.52 bits per heavy atom. The van der Waals surface area contributed by atoms with Crippen LogP contribution in [0.3, 0.4) is 0 Å². The molecular formula is C16H18O5. The molecule has 2 bridgehead atoms. The van der Waals surface area contributed by atoms with Crippen molar-refractivity contribution in [2.45, 2.75) is 31.5 Å². The molecule has 0 aromatic heterocycles. The molecule has 1 aromatic carbocycles. The maximum absolute atomic E-state index is 12.4. The van der Waals surface area contributed by atoms with E-state index in [1.54, 1.807) is 0 Å². The number of hydrogen-bond acceptors (Lipinski definition) is 5. The van der Waals surface area contributed by atoms with Gasteiger partial charge in [0.1, 0.15) is 6.10 Å². The number of ether oxygens (including phenoxy) is 3. The van der Waals surface area contributed by atoms with Gasteiger partial charge in [0.25, 0.3) is 0 Å². The van der Waals surface area contributed by atoms with Crippen LogP contribution in [-0.2, 0) is 30.2 Å². The van der Waals surface area contributed by atoms with Crippen molar-refractivity contribution in [3.8, 4) is 0 Å². The van der Waals surface area contributed by atoms with E-state index in [9.17, 15) is 9.59 Å². The number of fused-ring (bicyclic) bond motifs is 4. The molecule has 1 saturated heterocycles. The molecule has 2 heterocycles. The Kier molecular flexibility index (Phi) is 3.45. The first-order valence-electron chi connectivity index (χ1n) is 7.03. The van der Waals surface area contributed by atoms with E-state index >= 15 is 0 Å². The van der Waals surface area contributed by atoms with Gasteiger partial charge in [0.2, 0.25) is 0 Å². The number of rotatable bonds is 2. The minimum absolute atomic E-state index is 0.138. The van der Waals surface area contributed by atoms with Crippen LogP contribution >= 0.6 is 0 Å². The van der Waals surface area contributed by atoms with E-state index < -0.39 is 23.5 Å². The van der Waals surface area contributed by atoms with E-state index in [1.165, 1.54) is 14.2 Å². The molecule has 2 aliphatic rings. The molecule has 5 nitrogen and oxygen atoms in total. The molecule has 1 fully saturated rings. The molecule has 0 saturated carbocycles. The first-order chi connectivity index (χ1) is 10.1. The Hall–Kier alpha value is -1.88. The second-order valence-corrected chi connectivity index (χ2v) is 5.53. The summed E-state index contributed by atoms with van der Waals surface area (Å²) >= 11 is 0. The monoisotopic (exact) mass is 290 g/mol. The van der Waals surface area contributed by atoms with E-state index in [4.69, 9.17) is 14.2 Å². The Labute approximate surface area is 123 Å². The molecule has 0 unspecified atom stereocenters. The van der Waals surface area contributed by atoms with Gasteiger partial charge in [0.05, 0.1) is 20.3 Å². The molecule has 5 heteroatoms. The SMILES string of the molecule is COC(=O)C1(C(=O)OC)C[C@H]2CCc3ccccc3[C@@H]1O2. The van der Waals surface area contributed by atoms with Crippen molar-refractivity contribution in [1.82, 2.24) is 0 Å². The van der Waals surface area contributed by atoms with Crippen LogP contribution in [0.4, 0.5) is 0 Å². The summed E-state index contributed by atoms with van der Waals surface area (Å²) in [6.45, 7) is 0. The Morgan fingerprint density at radius 1 is 1.19 bits per heavy atom. The van der Waals surface area contributed by atoms with Crippen LogP contribution in [0.5, 0.6) is 0 Å². The van der Waals surface area contributed by atoms with Crippen LogP contribution in [-0.4, -0.2) is 32.3 Å². The average Bonchev–Trinajstić information content (AvgIpc) is 2.81. The number of benzene rings is 1. The highest BCUT2D eigenvalue weighted by Gasteiger charge is 2.62. The van der Waals surface area contributed by atoms with E-state index in [0.717, 1.165) is 24.0 Å². The molecule has 0 N–H and O–H groups in total. The second-order valence-electron chi connectivity index (χ2n) is 5.53. The van der Waals surface area contributed by atoms with Crippen LogP contribution in [0.2, 0.25) is 0 Å². The van der Waals surface area contributed by atoms with E-state index in [1.807, 2.05) is 24.3 Å². The highest BCUT2D eigenvalue weighted by Crippen LogP contribution is 2.53. The topological polar surface area (TPSA) is 61.8 Å². The number of hydrogen-bond donors (Lipinski definition) is 0. The quantitative estimate of drug-likeness (QED) is 0.614. The van der Waals surface area contributed by atoms with Crippen LogP contribution < -0.4 is 0 Å². The van der Waals surface area contributed by atoms with Gasteiger partial charge >= 0.3 is 11.9 Å². The third-order valence-electron chi connectivity index (χ3n) is 4.50. The molecule has 0 aliphatic carbocycles.